The first-order valence-corrected chi connectivity index (χ1v) is 11.6. The van der Waals surface area contributed by atoms with Crippen LogP contribution >= 0.6 is 39.0 Å². The fourth-order valence-electron chi connectivity index (χ4n) is 5.94. The molecule has 4 aliphatic rings. The average Bonchev–Trinajstić information content (AvgIpc) is 3.36. The van der Waals surface area contributed by atoms with Gasteiger partial charge in [0.1, 0.15) is 5.75 Å². The van der Waals surface area contributed by atoms with E-state index in [1.54, 1.807) is 23.9 Å². The molecule has 1 aromatic carbocycles. The molecule has 144 valence electrons. The van der Waals surface area contributed by atoms with Crippen molar-refractivity contribution in [2.24, 2.45) is 29.6 Å². The Kier molecular flexibility index (Phi) is 3.54. The Labute approximate surface area is 175 Å². The lowest BCUT2D eigenvalue weighted by atomic mass is 9.68. The number of hydrogen-bond donors (Lipinski definition) is 2. The first-order chi connectivity index (χ1) is 13.4. The van der Waals surface area contributed by atoms with Gasteiger partial charge < -0.3 is 14.8 Å². The van der Waals surface area contributed by atoms with Crippen LogP contribution in [0.3, 0.4) is 0 Å². The predicted octanol–water partition coefficient (Wildman–Crippen LogP) is 3.09. The van der Waals surface area contributed by atoms with Crippen molar-refractivity contribution in [3.8, 4) is 5.75 Å². The van der Waals surface area contributed by atoms with E-state index in [0.717, 1.165) is 26.4 Å². The Bertz CT molecular complexity index is 1110. The average molecular weight is 480 g/mol. The number of fused-ring (bicyclic) bond motifs is 9. The van der Waals surface area contributed by atoms with Crippen LogP contribution in [0.5, 0.6) is 5.75 Å². The van der Waals surface area contributed by atoms with E-state index in [1.807, 2.05) is 6.07 Å². The summed E-state index contributed by atoms with van der Waals surface area (Å²) in [5.74, 6) is -1.45. The zero-order chi connectivity index (χ0) is 19.3. The van der Waals surface area contributed by atoms with Gasteiger partial charge in [0, 0.05) is 26.1 Å². The number of rotatable bonds is 1. The molecular formula is C19H14BrNO5S2. The maximum atomic E-state index is 12.4. The van der Waals surface area contributed by atoms with Gasteiger partial charge in [-0.25, -0.2) is 0 Å². The number of phenols is 1. The summed E-state index contributed by atoms with van der Waals surface area (Å²) in [6, 6.07) is 5.31. The quantitative estimate of drug-likeness (QED) is 0.481. The van der Waals surface area contributed by atoms with Crippen molar-refractivity contribution in [1.82, 2.24) is 4.98 Å². The second-order valence-corrected chi connectivity index (χ2v) is 11.0. The first-order valence-electron chi connectivity index (χ1n) is 9.07. The molecule has 0 amide bonds. The van der Waals surface area contributed by atoms with E-state index in [0.29, 0.717) is 0 Å². The van der Waals surface area contributed by atoms with Gasteiger partial charge >= 0.3 is 16.8 Å². The Hall–Kier alpha value is -1.58. The van der Waals surface area contributed by atoms with Crippen molar-refractivity contribution in [3.05, 3.63) is 42.8 Å². The summed E-state index contributed by atoms with van der Waals surface area (Å²) >= 11 is 6.27. The number of carbonyl (C=O) groups excluding carboxylic acids is 2. The van der Waals surface area contributed by atoms with Gasteiger partial charge in [-0.3, -0.25) is 14.4 Å². The highest BCUT2D eigenvalue weighted by atomic mass is 79.9. The van der Waals surface area contributed by atoms with Crippen molar-refractivity contribution in [3.63, 3.8) is 0 Å². The second kappa shape index (κ2) is 5.73. The minimum absolute atomic E-state index is 0.0141. The molecule has 2 saturated carbocycles. The number of esters is 2. The first kappa shape index (κ1) is 17.3. The minimum Gasteiger partial charge on any atom is -0.508 e. The molecule has 6 rings (SSSR count). The van der Waals surface area contributed by atoms with E-state index in [-0.39, 0.29) is 45.5 Å². The highest BCUT2D eigenvalue weighted by Crippen LogP contribution is 2.68. The van der Waals surface area contributed by atoms with E-state index in [9.17, 15) is 19.5 Å². The van der Waals surface area contributed by atoms with Gasteiger partial charge in [-0.15, -0.1) is 11.8 Å². The molecule has 9 heteroatoms. The Balaban J connectivity index is 1.55. The lowest BCUT2D eigenvalue weighted by molar-refractivity contribution is -0.154. The van der Waals surface area contributed by atoms with E-state index in [1.165, 1.54) is 11.3 Å². The molecule has 28 heavy (non-hydrogen) atoms. The molecule has 2 aromatic rings. The third kappa shape index (κ3) is 2.12. The van der Waals surface area contributed by atoms with Crippen LogP contribution in [0.25, 0.3) is 0 Å². The Morgan fingerprint density at radius 3 is 2.68 bits per heavy atom. The second-order valence-electron chi connectivity index (χ2n) is 7.90. The van der Waals surface area contributed by atoms with Gasteiger partial charge in [-0.1, -0.05) is 27.3 Å². The number of H-pyrrole nitrogens is 1. The number of carbonyl (C=O) groups is 2. The van der Waals surface area contributed by atoms with Gasteiger partial charge in [-0.2, -0.15) is 0 Å². The predicted molar refractivity (Wildman–Crippen MR) is 105 cm³/mol. The fourth-order valence-corrected chi connectivity index (χ4v) is 9.20. The van der Waals surface area contributed by atoms with Crippen LogP contribution in [-0.4, -0.2) is 27.3 Å². The lowest BCUT2D eigenvalue weighted by Gasteiger charge is -2.42. The molecule has 1 aromatic heterocycles. The number of thioether (sulfide) groups is 1. The molecule has 0 spiro atoms. The van der Waals surface area contributed by atoms with Gasteiger partial charge in [0.25, 0.3) is 0 Å². The van der Waals surface area contributed by atoms with Crippen LogP contribution < -0.4 is 4.87 Å². The molecule has 2 bridgehead atoms. The van der Waals surface area contributed by atoms with E-state index in [4.69, 9.17) is 4.74 Å². The summed E-state index contributed by atoms with van der Waals surface area (Å²) in [5, 5.41) is 11.6. The van der Waals surface area contributed by atoms with Crippen molar-refractivity contribution in [2.75, 3.05) is 0 Å². The number of cyclic esters (lactones) is 2. The highest BCUT2D eigenvalue weighted by molar-refractivity contribution is 9.10. The molecule has 3 fully saturated rings. The molecule has 3 heterocycles. The van der Waals surface area contributed by atoms with Crippen molar-refractivity contribution >= 4 is 51.0 Å². The van der Waals surface area contributed by atoms with Crippen molar-refractivity contribution < 1.29 is 19.4 Å². The minimum atomic E-state index is -0.406. The smallest absolute Gasteiger partial charge is 0.317 e. The normalized spacial score (nSPS) is 37.5. The summed E-state index contributed by atoms with van der Waals surface area (Å²) in [7, 11) is 0. The van der Waals surface area contributed by atoms with Gasteiger partial charge in [-0.05, 0) is 42.4 Å². The van der Waals surface area contributed by atoms with E-state index >= 15 is 0 Å². The summed E-state index contributed by atoms with van der Waals surface area (Å²) in [4.78, 5) is 40.5. The monoisotopic (exact) mass is 479 g/mol. The Morgan fingerprint density at radius 1 is 1.14 bits per heavy atom. The standard InChI is InChI=1S/C19H14BrNO5S2/c20-5-1-2-9(22)6(3-5)10-11-7-4-8(13-12(7)17(23)26-18(13)24)14(11)27-16-15(10)28-19(25)21-16/h1-3,7-8,10-14,22H,4H2,(H,21,25)/t7-,8+,10+,11+,12+,13-,14-/m0/s1. The number of thiazole rings is 1. The third-order valence-corrected chi connectivity index (χ3v) is 9.86. The number of phenolic OH excluding ortho intramolecular Hbond substituents is 1. The topological polar surface area (TPSA) is 96.5 Å². The summed E-state index contributed by atoms with van der Waals surface area (Å²) in [6.07, 6.45) is 0.808. The molecule has 2 N–H and O–H groups in total. The van der Waals surface area contributed by atoms with E-state index in [2.05, 4.69) is 20.9 Å². The van der Waals surface area contributed by atoms with Crippen LogP contribution in [0.1, 0.15) is 22.8 Å². The number of aromatic amines is 1. The number of halogens is 1. The molecule has 7 atom stereocenters. The molecule has 1 saturated heterocycles. The maximum absolute atomic E-state index is 12.4. The molecule has 2 aliphatic heterocycles. The van der Waals surface area contributed by atoms with Crippen LogP contribution in [-0.2, 0) is 14.3 Å². The maximum Gasteiger partial charge on any atom is 0.317 e. The van der Waals surface area contributed by atoms with Crippen LogP contribution in [0.4, 0.5) is 0 Å². The number of ether oxygens (including phenoxy) is 1. The largest absolute Gasteiger partial charge is 0.508 e. The van der Waals surface area contributed by atoms with Crippen LogP contribution in [0, 0.1) is 29.6 Å². The highest BCUT2D eigenvalue weighted by Gasteiger charge is 2.69. The third-order valence-electron chi connectivity index (χ3n) is 6.78. The van der Waals surface area contributed by atoms with Crippen molar-refractivity contribution in [2.45, 2.75) is 22.6 Å². The van der Waals surface area contributed by atoms with Gasteiger partial charge in [0.15, 0.2) is 0 Å². The van der Waals surface area contributed by atoms with Gasteiger partial charge in [0.2, 0.25) is 0 Å². The summed E-state index contributed by atoms with van der Waals surface area (Å²) in [6.45, 7) is 0. The SMILES string of the molecule is O=C1OC(=O)[C@H]2[C@H]3C[C@H]([C@@H]12)[C@@H]1[C@@H](c2cc(Br)ccc2O)c2sc(=O)[nH]c2S[C@@H]31. The molecular weight excluding hydrogens is 466 g/mol. The molecule has 0 unspecified atom stereocenters. The fraction of sp³-hybridized carbons (Fsp3) is 0.421. The molecule has 6 nitrogen and oxygen atoms in total. The van der Waals surface area contributed by atoms with Crippen LogP contribution in [0.2, 0.25) is 0 Å². The zero-order valence-corrected chi connectivity index (χ0v) is 17.5. The Morgan fingerprint density at radius 2 is 1.89 bits per heavy atom. The zero-order valence-electron chi connectivity index (χ0n) is 14.3. The number of aromatic hydroxyl groups is 1. The molecule has 2 aliphatic carbocycles. The summed E-state index contributed by atoms with van der Waals surface area (Å²) < 4.78 is 5.82. The lowest BCUT2D eigenvalue weighted by Crippen LogP contribution is -2.42. The summed E-state index contributed by atoms with van der Waals surface area (Å²) in [5.41, 5.74) is 0.753. The number of hydrogen-bond acceptors (Lipinski definition) is 7. The molecule has 0 radical (unpaired) electrons. The van der Waals surface area contributed by atoms with Gasteiger partial charge in [0.05, 0.1) is 16.9 Å². The van der Waals surface area contributed by atoms with E-state index < -0.39 is 17.9 Å². The van der Waals surface area contributed by atoms with Crippen LogP contribution in [0.15, 0.2) is 32.5 Å². The number of aromatic nitrogens is 1. The van der Waals surface area contributed by atoms with Crippen molar-refractivity contribution in [1.29, 1.82) is 0 Å². The number of nitrogens with one attached hydrogen (secondary N) is 1. The number of benzene rings is 1.